The van der Waals surface area contributed by atoms with E-state index in [4.69, 9.17) is 4.74 Å². The maximum atomic E-state index is 5.58. The molecule has 0 heterocycles. The van der Waals surface area contributed by atoms with E-state index in [2.05, 4.69) is 27.0 Å². The van der Waals surface area contributed by atoms with Gasteiger partial charge in [0.25, 0.3) is 0 Å². The zero-order chi connectivity index (χ0) is 10.1. The molecule has 13 heavy (non-hydrogen) atoms. The molecule has 76 valence electrons. The van der Waals surface area contributed by atoms with Gasteiger partial charge in [0, 0.05) is 0 Å². The molecule has 0 spiro atoms. The lowest BCUT2D eigenvalue weighted by atomic mass is 10.1. The highest BCUT2D eigenvalue weighted by Gasteiger charge is 2.04. The van der Waals surface area contributed by atoms with E-state index < -0.39 is 0 Å². The molecule has 0 aromatic rings. The third-order valence-electron chi connectivity index (χ3n) is 2.38. The van der Waals surface area contributed by atoms with Crippen LogP contribution in [0, 0.1) is 11.8 Å². The highest BCUT2D eigenvalue weighted by molar-refractivity contribution is 4.79. The summed E-state index contributed by atoms with van der Waals surface area (Å²) in [5, 5.41) is 0. The van der Waals surface area contributed by atoms with Crippen molar-refractivity contribution in [2.45, 2.75) is 26.7 Å². The van der Waals surface area contributed by atoms with Gasteiger partial charge in [0.15, 0.2) is 0 Å². The van der Waals surface area contributed by atoms with Crippen molar-refractivity contribution in [3.05, 3.63) is 25.3 Å². The van der Waals surface area contributed by atoms with E-state index in [1.807, 2.05) is 12.2 Å². The van der Waals surface area contributed by atoms with Crippen molar-refractivity contribution in [1.29, 1.82) is 0 Å². The molecular weight excluding hydrogens is 160 g/mol. The summed E-state index contributed by atoms with van der Waals surface area (Å²) in [5.41, 5.74) is 0. The van der Waals surface area contributed by atoms with E-state index in [0.717, 1.165) is 26.1 Å². The molecule has 0 aliphatic carbocycles. The molecule has 1 nitrogen and oxygen atoms in total. The summed E-state index contributed by atoms with van der Waals surface area (Å²) >= 11 is 0. The van der Waals surface area contributed by atoms with Gasteiger partial charge in [-0.15, -0.1) is 13.2 Å². The Labute approximate surface area is 82.5 Å². The molecular formula is C12H22O. The molecule has 1 heteroatoms. The van der Waals surface area contributed by atoms with E-state index in [1.165, 1.54) is 0 Å². The number of ether oxygens (including phenoxy) is 1. The van der Waals surface area contributed by atoms with Crippen LogP contribution in [0.3, 0.4) is 0 Å². The Bertz CT molecular complexity index is 124. The smallest absolute Gasteiger partial charge is 0.0528 e. The van der Waals surface area contributed by atoms with Crippen molar-refractivity contribution in [3.63, 3.8) is 0 Å². The fourth-order valence-electron chi connectivity index (χ4n) is 1.08. The number of hydrogen-bond acceptors (Lipinski definition) is 1. The monoisotopic (exact) mass is 182 g/mol. The first-order chi connectivity index (χ1) is 6.28. The van der Waals surface area contributed by atoms with E-state index in [1.54, 1.807) is 0 Å². The Morgan fingerprint density at radius 1 is 1.00 bits per heavy atom. The van der Waals surface area contributed by atoms with Crippen LogP contribution < -0.4 is 0 Å². The summed E-state index contributed by atoms with van der Waals surface area (Å²) in [6, 6.07) is 0. The summed E-state index contributed by atoms with van der Waals surface area (Å²) in [6.07, 6.45) is 6.15. The Kier molecular flexibility index (Phi) is 7.71. The Morgan fingerprint density at radius 2 is 1.38 bits per heavy atom. The third kappa shape index (κ3) is 5.64. The van der Waals surface area contributed by atoms with Gasteiger partial charge in [0.05, 0.1) is 13.2 Å². The van der Waals surface area contributed by atoms with Crippen molar-refractivity contribution >= 4 is 0 Å². The molecule has 0 saturated carbocycles. The largest absolute Gasteiger partial charge is 0.380 e. The quantitative estimate of drug-likeness (QED) is 0.523. The zero-order valence-corrected chi connectivity index (χ0v) is 8.96. The molecule has 0 fully saturated rings. The van der Waals surface area contributed by atoms with Crippen molar-refractivity contribution < 1.29 is 4.74 Å². The van der Waals surface area contributed by atoms with Crippen LogP contribution in [-0.4, -0.2) is 13.2 Å². The molecule has 0 rings (SSSR count). The second-order valence-corrected chi connectivity index (χ2v) is 3.35. The average molecular weight is 182 g/mol. The normalized spacial score (nSPS) is 14.9. The Balaban J connectivity index is 3.52. The molecule has 2 unspecified atom stereocenters. The van der Waals surface area contributed by atoms with E-state index in [0.29, 0.717) is 11.8 Å². The SMILES string of the molecule is C=CC(CC)COCC(C=C)CC. The van der Waals surface area contributed by atoms with Crippen LogP contribution >= 0.6 is 0 Å². The minimum absolute atomic E-state index is 0.502. The van der Waals surface area contributed by atoms with Crippen molar-refractivity contribution in [3.8, 4) is 0 Å². The van der Waals surface area contributed by atoms with Crippen LogP contribution in [0.1, 0.15) is 26.7 Å². The van der Waals surface area contributed by atoms with Crippen LogP contribution in [0.2, 0.25) is 0 Å². The van der Waals surface area contributed by atoms with Gasteiger partial charge in [-0.1, -0.05) is 26.0 Å². The molecule has 0 aliphatic rings. The summed E-state index contributed by atoms with van der Waals surface area (Å²) in [6.45, 7) is 13.4. The first-order valence-electron chi connectivity index (χ1n) is 5.11. The van der Waals surface area contributed by atoms with E-state index in [9.17, 15) is 0 Å². The average Bonchev–Trinajstić information content (AvgIpc) is 2.19. The highest BCUT2D eigenvalue weighted by atomic mass is 16.5. The first kappa shape index (κ1) is 12.4. The summed E-state index contributed by atoms with van der Waals surface area (Å²) in [4.78, 5) is 0. The fraction of sp³-hybridized carbons (Fsp3) is 0.667. The minimum Gasteiger partial charge on any atom is -0.380 e. The molecule has 0 radical (unpaired) electrons. The van der Waals surface area contributed by atoms with Crippen LogP contribution in [0.5, 0.6) is 0 Å². The summed E-state index contributed by atoms with van der Waals surface area (Å²) in [5.74, 6) is 1.00. The van der Waals surface area contributed by atoms with Gasteiger partial charge in [-0.05, 0) is 24.7 Å². The predicted molar refractivity (Wildman–Crippen MR) is 58.8 cm³/mol. The van der Waals surface area contributed by atoms with Crippen molar-refractivity contribution in [2.75, 3.05) is 13.2 Å². The Hall–Kier alpha value is -0.560. The van der Waals surface area contributed by atoms with Gasteiger partial charge in [-0.3, -0.25) is 0 Å². The molecule has 0 saturated heterocycles. The molecule has 0 bridgehead atoms. The number of rotatable bonds is 8. The predicted octanol–water partition coefficient (Wildman–Crippen LogP) is 3.43. The molecule has 0 aliphatic heterocycles. The van der Waals surface area contributed by atoms with Crippen LogP contribution in [0.4, 0.5) is 0 Å². The second kappa shape index (κ2) is 8.06. The van der Waals surface area contributed by atoms with Gasteiger partial charge >= 0.3 is 0 Å². The number of hydrogen-bond donors (Lipinski definition) is 0. The molecule has 0 aromatic heterocycles. The maximum Gasteiger partial charge on any atom is 0.0528 e. The summed E-state index contributed by atoms with van der Waals surface area (Å²) < 4.78 is 5.58. The standard InChI is InChI=1S/C12H22O/c1-5-11(6-2)9-13-10-12(7-3)8-4/h5,7,11-12H,1,3,6,8-10H2,2,4H3. The van der Waals surface area contributed by atoms with Crippen LogP contribution in [0.25, 0.3) is 0 Å². The highest BCUT2D eigenvalue weighted by Crippen LogP contribution is 2.08. The van der Waals surface area contributed by atoms with Gasteiger partial charge < -0.3 is 4.74 Å². The van der Waals surface area contributed by atoms with E-state index >= 15 is 0 Å². The van der Waals surface area contributed by atoms with Crippen LogP contribution in [0.15, 0.2) is 25.3 Å². The van der Waals surface area contributed by atoms with Gasteiger partial charge in [0.1, 0.15) is 0 Å². The second-order valence-electron chi connectivity index (χ2n) is 3.35. The Morgan fingerprint density at radius 3 is 1.62 bits per heavy atom. The van der Waals surface area contributed by atoms with Gasteiger partial charge in [-0.2, -0.15) is 0 Å². The lowest BCUT2D eigenvalue weighted by molar-refractivity contribution is 0.0914. The first-order valence-corrected chi connectivity index (χ1v) is 5.11. The van der Waals surface area contributed by atoms with E-state index in [-0.39, 0.29) is 0 Å². The summed E-state index contributed by atoms with van der Waals surface area (Å²) in [7, 11) is 0. The topological polar surface area (TPSA) is 9.23 Å². The lowest BCUT2D eigenvalue weighted by Crippen LogP contribution is -2.11. The zero-order valence-electron chi connectivity index (χ0n) is 8.96. The third-order valence-corrected chi connectivity index (χ3v) is 2.38. The maximum absolute atomic E-state index is 5.58. The fourth-order valence-corrected chi connectivity index (χ4v) is 1.08. The van der Waals surface area contributed by atoms with Crippen molar-refractivity contribution in [2.24, 2.45) is 11.8 Å². The van der Waals surface area contributed by atoms with Gasteiger partial charge in [-0.25, -0.2) is 0 Å². The molecule has 2 atom stereocenters. The molecule has 0 N–H and O–H groups in total. The van der Waals surface area contributed by atoms with Crippen LogP contribution in [-0.2, 0) is 4.74 Å². The van der Waals surface area contributed by atoms with Gasteiger partial charge in [0.2, 0.25) is 0 Å². The lowest BCUT2D eigenvalue weighted by Gasteiger charge is -2.13. The molecule has 0 amide bonds. The minimum atomic E-state index is 0.502. The molecule has 0 aromatic carbocycles. The van der Waals surface area contributed by atoms with Crippen molar-refractivity contribution in [1.82, 2.24) is 0 Å².